The topological polar surface area (TPSA) is 121 Å². The molecule has 2 amide bonds. The number of ether oxygens (including phenoxy) is 4. The molecule has 5 rings (SSSR count). The number of carbonyl (C=O) groups excluding carboxylic acids is 3. The second-order valence-electron chi connectivity index (χ2n) is 9.86. The van der Waals surface area contributed by atoms with E-state index in [0.29, 0.717) is 60.9 Å². The van der Waals surface area contributed by atoms with Gasteiger partial charge in [0.1, 0.15) is 28.6 Å². The minimum atomic E-state index is -0.692. The van der Waals surface area contributed by atoms with Crippen LogP contribution in [0.3, 0.4) is 0 Å². The molecule has 40 heavy (non-hydrogen) atoms. The summed E-state index contributed by atoms with van der Waals surface area (Å²) in [6.45, 7) is 3.16. The number of nitrogens with one attached hydrogen (secondary N) is 1. The average molecular weight is 549 g/mol. The van der Waals surface area contributed by atoms with Crippen molar-refractivity contribution in [3.05, 3.63) is 53.9 Å². The first-order valence-corrected chi connectivity index (χ1v) is 13.1. The van der Waals surface area contributed by atoms with Crippen molar-refractivity contribution >= 4 is 17.8 Å². The Morgan fingerprint density at radius 2 is 1.90 bits per heavy atom. The molecule has 0 unspecified atom stereocenters. The van der Waals surface area contributed by atoms with E-state index in [1.54, 1.807) is 47.2 Å². The summed E-state index contributed by atoms with van der Waals surface area (Å²) in [6, 6.07) is 8.24. The summed E-state index contributed by atoms with van der Waals surface area (Å²) in [5.74, 6) is 1.56. The van der Waals surface area contributed by atoms with Crippen LogP contribution in [0.4, 0.5) is 4.79 Å². The lowest BCUT2D eigenvalue weighted by molar-refractivity contribution is -0.00580. The first kappa shape index (κ1) is 27.0. The van der Waals surface area contributed by atoms with Crippen LogP contribution in [-0.4, -0.2) is 71.9 Å². The molecule has 0 bridgehead atoms. The molecular weight excluding hydrogens is 516 g/mol. The second-order valence-corrected chi connectivity index (χ2v) is 9.86. The molecule has 1 saturated heterocycles. The molecule has 0 radical (unpaired) electrons. The second kappa shape index (κ2) is 10.9. The van der Waals surface area contributed by atoms with Gasteiger partial charge in [0.2, 0.25) is 0 Å². The van der Waals surface area contributed by atoms with Crippen LogP contribution in [0, 0.1) is 0 Å². The van der Waals surface area contributed by atoms with Crippen molar-refractivity contribution in [2.45, 2.75) is 31.8 Å². The molecule has 0 aliphatic carbocycles. The lowest BCUT2D eigenvalue weighted by Crippen LogP contribution is -2.52. The Bertz CT molecular complexity index is 1460. The molecule has 1 N–H and O–H groups in total. The highest BCUT2D eigenvalue weighted by atomic mass is 16.6. The minimum absolute atomic E-state index is 0.0829. The average Bonchev–Trinajstić information content (AvgIpc) is 3.38. The first-order chi connectivity index (χ1) is 19.3. The van der Waals surface area contributed by atoms with Gasteiger partial charge in [0, 0.05) is 57.4 Å². The predicted octanol–water partition coefficient (Wildman–Crippen LogP) is 3.85. The van der Waals surface area contributed by atoms with E-state index >= 15 is 0 Å². The maximum atomic E-state index is 13.6. The number of benzene rings is 2. The molecule has 1 aromatic heterocycles. The Kier molecular flexibility index (Phi) is 7.38. The van der Waals surface area contributed by atoms with Crippen LogP contribution in [0.2, 0.25) is 0 Å². The van der Waals surface area contributed by atoms with Gasteiger partial charge in [-0.1, -0.05) is 0 Å². The SMILES string of the molecule is CCOc1cc(C(=O)N2CCC3(CC2)CC(=O)c2cc(OC(=O)NC)ccc2O3)cc(OC)c1-c1cnn(C)c1. The van der Waals surface area contributed by atoms with Crippen LogP contribution < -0.4 is 24.3 Å². The Labute approximate surface area is 231 Å². The molecule has 2 aliphatic heterocycles. The van der Waals surface area contributed by atoms with Gasteiger partial charge < -0.3 is 29.2 Å². The Hall–Kier alpha value is -4.54. The number of methoxy groups -OCH3 is 1. The van der Waals surface area contributed by atoms with Crippen LogP contribution in [0.15, 0.2) is 42.7 Å². The molecule has 2 aliphatic rings. The molecule has 0 saturated carbocycles. The van der Waals surface area contributed by atoms with E-state index in [4.69, 9.17) is 18.9 Å². The number of fused-ring (bicyclic) bond motifs is 1. The zero-order chi connectivity index (χ0) is 28.4. The summed E-state index contributed by atoms with van der Waals surface area (Å²) < 4.78 is 24.8. The lowest BCUT2D eigenvalue weighted by Gasteiger charge is -2.44. The highest BCUT2D eigenvalue weighted by Crippen LogP contribution is 2.42. The lowest BCUT2D eigenvalue weighted by atomic mass is 9.82. The molecule has 1 fully saturated rings. The van der Waals surface area contributed by atoms with Crippen LogP contribution in [0.25, 0.3) is 11.1 Å². The van der Waals surface area contributed by atoms with Gasteiger partial charge in [-0.15, -0.1) is 0 Å². The number of hydrogen-bond donors (Lipinski definition) is 1. The van der Waals surface area contributed by atoms with E-state index in [-0.39, 0.29) is 23.9 Å². The van der Waals surface area contributed by atoms with E-state index in [1.807, 2.05) is 20.2 Å². The van der Waals surface area contributed by atoms with Gasteiger partial charge in [-0.25, -0.2) is 4.79 Å². The number of nitrogens with zero attached hydrogens (tertiary/aromatic N) is 3. The van der Waals surface area contributed by atoms with Gasteiger partial charge in [-0.05, 0) is 37.3 Å². The number of aromatic nitrogens is 2. The summed E-state index contributed by atoms with van der Waals surface area (Å²) in [7, 11) is 4.85. The van der Waals surface area contributed by atoms with Crippen molar-refractivity contribution in [2.75, 3.05) is 33.9 Å². The van der Waals surface area contributed by atoms with Crippen molar-refractivity contribution < 1.29 is 33.3 Å². The molecule has 210 valence electrons. The Morgan fingerprint density at radius 3 is 2.55 bits per heavy atom. The largest absolute Gasteiger partial charge is 0.496 e. The smallest absolute Gasteiger partial charge is 0.412 e. The van der Waals surface area contributed by atoms with Gasteiger partial charge in [0.15, 0.2) is 5.78 Å². The number of rotatable bonds is 6. The Morgan fingerprint density at radius 1 is 1.15 bits per heavy atom. The number of Topliss-reactive ketones (excluding diaryl/α,β-unsaturated/α-hetero) is 1. The van der Waals surface area contributed by atoms with E-state index in [1.165, 1.54) is 13.1 Å². The van der Waals surface area contributed by atoms with E-state index in [0.717, 1.165) is 11.1 Å². The summed E-state index contributed by atoms with van der Waals surface area (Å²) in [5.41, 5.74) is 1.72. The third kappa shape index (κ3) is 5.18. The van der Waals surface area contributed by atoms with Crippen LogP contribution in [0.5, 0.6) is 23.0 Å². The third-order valence-electron chi connectivity index (χ3n) is 7.26. The van der Waals surface area contributed by atoms with Gasteiger partial charge >= 0.3 is 6.09 Å². The first-order valence-electron chi connectivity index (χ1n) is 13.1. The number of piperidine rings is 1. The maximum absolute atomic E-state index is 13.6. The van der Waals surface area contributed by atoms with Gasteiger partial charge in [0.05, 0.1) is 37.5 Å². The summed E-state index contributed by atoms with van der Waals surface area (Å²) >= 11 is 0. The standard InChI is InChI=1S/C29H32N4O7/c1-5-38-25-13-18(12-24(37-4)26(25)19-16-31-32(3)17-19)27(35)33-10-8-29(9-11-33)15-22(34)21-14-20(39-28(36)30-2)6-7-23(21)40-29/h6-7,12-14,16-17H,5,8-11,15H2,1-4H3,(H,30,36). The highest BCUT2D eigenvalue weighted by Gasteiger charge is 2.44. The van der Waals surface area contributed by atoms with Crippen LogP contribution in [-0.2, 0) is 7.05 Å². The molecule has 3 heterocycles. The fraction of sp³-hybridized carbons (Fsp3) is 0.379. The van der Waals surface area contributed by atoms with Crippen LogP contribution in [0.1, 0.15) is 46.9 Å². The fourth-order valence-electron chi connectivity index (χ4n) is 5.25. The number of hydrogen-bond acceptors (Lipinski definition) is 8. The van der Waals surface area contributed by atoms with Crippen molar-refractivity contribution in [1.82, 2.24) is 20.0 Å². The zero-order valence-electron chi connectivity index (χ0n) is 23.0. The number of ketones is 1. The highest BCUT2D eigenvalue weighted by molar-refractivity contribution is 6.01. The fourth-order valence-corrected chi connectivity index (χ4v) is 5.25. The summed E-state index contributed by atoms with van der Waals surface area (Å²) in [5, 5.41) is 6.63. The van der Waals surface area contributed by atoms with Crippen LogP contribution >= 0.6 is 0 Å². The maximum Gasteiger partial charge on any atom is 0.412 e. The van der Waals surface area contributed by atoms with E-state index in [9.17, 15) is 14.4 Å². The molecule has 3 aromatic rings. The Balaban J connectivity index is 1.33. The number of carbonyl (C=O) groups is 3. The molecule has 0 atom stereocenters. The van der Waals surface area contributed by atoms with E-state index < -0.39 is 11.7 Å². The van der Waals surface area contributed by atoms with Crippen molar-refractivity contribution in [3.8, 4) is 34.1 Å². The predicted molar refractivity (Wildman–Crippen MR) is 145 cm³/mol. The van der Waals surface area contributed by atoms with Crippen molar-refractivity contribution in [3.63, 3.8) is 0 Å². The molecule has 2 aromatic carbocycles. The van der Waals surface area contributed by atoms with Crippen molar-refractivity contribution in [1.29, 1.82) is 0 Å². The van der Waals surface area contributed by atoms with Gasteiger partial charge in [-0.2, -0.15) is 5.10 Å². The normalized spacial score (nSPS) is 15.7. The van der Waals surface area contributed by atoms with Gasteiger partial charge in [0.25, 0.3) is 5.91 Å². The monoisotopic (exact) mass is 548 g/mol. The molecule has 11 heteroatoms. The third-order valence-corrected chi connectivity index (χ3v) is 7.26. The summed E-state index contributed by atoms with van der Waals surface area (Å²) in [6.07, 6.45) is 4.17. The number of amides is 2. The molecular formula is C29H32N4O7. The molecule has 1 spiro atoms. The number of likely N-dealkylation sites (tertiary alicyclic amines) is 1. The van der Waals surface area contributed by atoms with Gasteiger partial charge in [-0.3, -0.25) is 14.3 Å². The molecule has 11 nitrogen and oxygen atoms in total. The summed E-state index contributed by atoms with van der Waals surface area (Å²) in [4.78, 5) is 40.0. The number of aryl methyl sites for hydroxylation is 1. The minimum Gasteiger partial charge on any atom is -0.496 e. The van der Waals surface area contributed by atoms with E-state index in [2.05, 4.69) is 10.4 Å². The zero-order valence-corrected chi connectivity index (χ0v) is 23.0. The quantitative estimate of drug-likeness (QED) is 0.493. The van der Waals surface area contributed by atoms with Crippen molar-refractivity contribution in [2.24, 2.45) is 7.05 Å².